The number of hydrogen-bond donors (Lipinski definition) is 0. The predicted octanol–water partition coefficient (Wildman–Crippen LogP) is 3.62. The largest absolute Gasteiger partial charge is 0.371 e. The van der Waals surface area contributed by atoms with Gasteiger partial charge < -0.3 is 9.47 Å². The molecule has 1 fully saturated rings. The van der Waals surface area contributed by atoms with Crippen molar-refractivity contribution in [1.29, 1.82) is 0 Å². The van der Waals surface area contributed by atoms with E-state index in [0.717, 1.165) is 13.0 Å². The smallest absolute Gasteiger partial charge is 0.104 e. The number of ether oxygens (including phenoxy) is 2. The molecule has 2 atom stereocenters. The summed E-state index contributed by atoms with van der Waals surface area (Å²) in [6.07, 6.45) is 1.48. The van der Waals surface area contributed by atoms with Crippen LogP contribution < -0.4 is 0 Å². The summed E-state index contributed by atoms with van der Waals surface area (Å²) in [5, 5.41) is 0. The molecule has 0 N–H and O–H groups in total. The third-order valence-electron chi connectivity index (χ3n) is 2.83. The number of aryl methyl sites for hydroxylation is 1. The first-order chi connectivity index (χ1) is 7.72. The number of hydrogen-bond acceptors (Lipinski definition) is 2. The number of halogens is 1. The Morgan fingerprint density at radius 2 is 2.31 bits per heavy atom. The minimum Gasteiger partial charge on any atom is -0.371 e. The van der Waals surface area contributed by atoms with Crippen molar-refractivity contribution in [2.24, 2.45) is 0 Å². The number of rotatable bonds is 5. The highest BCUT2D eigenvalue weighted by atomic mass is 79.9. The summed E-state index contributed by atoms with van der Waals surface area (Å²) >= 11 is 3.63. The van der Waals surface area contributed by atoms with Gasteiger partial charge in [-0.2, -0.15) is 0 Å². The SMILES string of the molecule is CC[C@@H](OC[C@H]1CO1)c1cccc(C)c1Br. The van der Waals surface area contributed by atoms with E-state index in [1.807, 2.05) is 0 Å². The van der Waals surface area contributed by atoms with Crippen molar-refractivity contribution in [3.8, 4) is 0 Å². The quantitative estimate of drug-likeness (QED) is 0.771. The van der Waals surface area contributed by atoms with Crippen molar-refractivity contribution in [3.05, 3.63) is 33.8 Å². The van der Waals surface area contributed by atoms with Gasteiger partial charge in [0.2, 0.25) is 0 Å². The third-order valence-corrected chi connectivity index (χ3v) is 3.91. The summed E-state index contributed by atoms with van der Waals surface area (Å²) in [4.78, 5) is 0. The first-order valence-corrected chi connectivity index (χ1v) is 6.50. The van der Waals surface area contributed by atoms with Crippen LogP contribution in [0.3, 0.4) is 0 Å². The fourth-order valence-corrected chi connectivity index (χ4v) is 2.25. The molecule has 1 heterocycles. The Labute approximate surface area is 105 Å². The second-order valence-electron chi connectivity index (χ2n) is 4.16. The van der Waals surface area contributed by atoms with Crippen LogP contribution in [-0.2, 0) is 9.47 Å². The molecule has 88 valence electrons. The van der Waals surface area contributed by atoms with E-state index < -0.39 is 0 Å². The molecule has 1 aliphatic rings. The van der Waals surface area contributed by atoms with E-state index in [1.54, 1.807) is 0 Å². The molecule has 1 aromatic carbocycles. The van der Waals surface area contributed by atoms with Crippen molar-refractivity contribution in [3.63, 3.8) is 0 Å². The van der Waals surface area contributed by atoms with Crippen molar-refractivity contribution in [1.82, 2.24) is 0 Å². The first kappa shape index (κ1) is 12.1. The summed E-state index contributed by atoms with van der Waals surface area (Å²) < 4.78 is 12.2. The van der Waals surface area contributed by atoms with Gasteiger partial charge in [0.1, 0.15) is 6.10 Å². The van der Waals surface area contributed by atoms with E-state index in [1.165, 1.54) is 15.6 Å². The Hall–Kier alpha value is -0.380. The highest BCUT2D eigenvalue weighted by Crippen LogP contribution is 2.31. The molecule has 0 aliphatic carbocycles. The van der Waals surface area contributed by atoms with Gasteiger partial charge in [0.05, 0.1) is 19.3 Å². The molecule has 1 aromatic rings. The summed E-state index contributed by atoms with van der Waals surface area (Å²) in [6, 6.07) is 6.30. The highest BCUT2D eigenvalue weighted by Gasteiger charge is 2.25. The monoisotopic (exact) mass is 284 g/mol. The van der Waals surface area contributed by atoms with Crippen LogP contribution in [0.1, 0.15) is 30.6 Å². The van der Waals surface area contributed by atoms with Gasteiger partial charge in [-0.25, -0.2) is 0 Å². The molecule has 1 saturated heterocycles. The maximum absolute atomic E-state index is 5.88. The normalized spacial score (nSPS) is 20.8. The number of epoxide rings is 1. The van der Waals surface area contributed by atoms with E-state index in [9.17, 15) is 0 Å². The van der Waals surface area contributed by atoms with E-state index in [4.69, 9.17) is 9.47 Å². The van der Waals surface area contributed by atoms with Crippen molar-refractivity contribution in [2.75, 3.05) is 13.2 Å². The van der Waals surface area contributed by atoms with Crippen molar-refractivity contribution in [2.45, 2.75) is 32.5 Å². The second kappa shape index (κ2) is 5.30. The Morgan fingerprint density at radius 1 is 1.56 bits per heavy atom. The van der Waals surface area contributed by atoms with Crippen LogP contribution in [0.25, 0.3) is 0 Å². The molecule has 16 heavy (non-hydrogen) atoms. The minimum atomic E-state index is 0.165. The van der Waals surface area contributed by atoms with E-state index in [2.05, 4.69) is 48.0 Å². The lowest BCUT2D eigenvalue weighted by molar-refractivity contribution is 0.0390. The van der Waals surface area contributed by atoms with Crippen LogP contribution in [0.4, 0.5) is 0 Å². The van der Waals surface area contributed by atoms with E-state index >= 15 is 0 Å². The number of benzene rings is 1. The molecule has 2 nitrogen and oxygen atoms in total. The summed E-state index contributed by atoms with van der Waals surface area (Å²) in [6.45, 7) is 5.81. The molecule has 1 aliphatic heterocycles. The summed E-state index contributed by atoms with van der Waals surface area (Å²) in [5.74, 6) is 0. The van der Waals surface area contributed by atoms with E-state index in [-0.39, 0.29) is 6.10 Å². The Kier molecular flexibility index (Phi) is 4.00. The van der Waals surface area contributed by atoms with Crippen molar-refractivity contribution < 1.29 is 9.47 Å². The zero-order valence-electron chi connectivity index (χ0n) is 9.70. The van der Waals surface area contributed by atoms with Gasteiger partial charge in [0.15, 0.2) is 0 Å². The predicted molar refractivity (Wildman–Crippen MR) is 67.6 cm³/mol. The highest BCUT2D eigenvalue weighted by molar-refractivity contribution is 9.10. The van der Waals surface area contributed by atoms with Crippen LogP contribution >= 0.6 is 15.9 Å². The fourth-order valence-electron chi connectivity index (χ4n) is 1.73. The zero-order valence-corrected chi connectivity index (χ0v) is 11.3. The molecule has 0 saturated carbocycles. The maximum atomic E-state index is 5.88. The standard InChI is InChI=1S/C13H17BrO2/c1-3-12(16-8-10-7-15-10)11-6-4-5-9(2)13(11)14/h4-6,10,12H,3,7-8H2,1-2H3/t10-,12-/m1/s1. The molecule has 0 amide bonds. The summed E-state index contributed by atoms with van der Waals surface area (Å²) in [7, 11) is 0. The van der Waals surface area contributed by atoms with Crippen molar-refractivity contribution >= 4 is 15.9 Å². The summed E-state index contributed by atoms with van der Waals surface area (Å²) in [5.41, 5.74) is 2.49. The van der Waals surface area contributed by atoms with Gasteiger partial charge in [-0.1, -0.05) is 41.1 Å². The zero-order chi connectivity index (χ0) is 11.5. The topological polar surface area (TPSA) is 21.8 Å². The van der Waals surface area contributed by atoms with Crippen LogP contribution in [0.15, 0.2) is 22.7 Å². The van der Waals surface area contributed by atoms with Gasteiger partial charge in [-0.05, 0) is 24.5 Å². The molecular formula is C13H17BrO2. The Morgan fingerprint density at radius 3 is 2.94 bits per heavy atom. The molecule has 0 aromatic heterocycles. The Balaban J connectivity index is 2.08. The van der Waals surface area contributed by atoms with Gasteiger partial charge in [-0.3, -0.25) is 0 Å². The van der Waals surface area contributed by atoms with Crippen LogP contribution in [-0.4, -0.2) is 19.3 Å². The molecule has 0 spiro atoms. The average Bonchev–Trinajstić information content (AvgIpc) is 3.08. The molecule has 2 rings (SSSR count). The average molecular weight is 285 g/mol. The molecule has 3 heteroatoms. The molecule has 0 radical (unpaired) electrons. The van der Waals surface area contributed by atoms with E-state index in [0.29, 0.717) is 12.7 Å². The third kappa shape index (κ3) is 2.84. The van der Waals surface area contributed by atoms with Crippen LogP contribution in [0, 0.1) is 6.92 Å². The first-order valence-electron chi connectivity index (χ1n) is 5.70. The molecule has 0 unspecified atom stereocenters. The van der Waals surface area contributed by atoms with Gasteiger partial charge in [0, 0.05) is 4.47 Å². The molecular weight excluding hydrogens is 268 g/mol. The lowest BCUT2D eigenvalue weighted by Crippen LogP contribution is -2.09. The second-order valence-corrected chi connectivity index (χ2v) is 4.96. The Bertz CT molecular complexity index is 361. The molecule has 0 bridgehead atoms. The van der Waals surface area contributed by atoms with Gasteiger partial charge in [0.25, 0.3) is 0 Å². The maximum Gasteiger partial charge on any atom is 0.104 e. The van der Waals surface area contributed by atoms with Crippen LogP contribution in [0.5, 0.6) is 0 Å². The fraction of sp³-hybridized carbons (Fsp3) is 0.538. The minimum absolute atomic E-state index is 0.165. The van der Waals surface area contributed by atoms with Gasteiger partial charge >= 0.3 is 0 Å². The lowest BCUT2D eigenvalue weighted by Gasteiger charge is -2.18. The van der Waals surface area contributed by atoms with Crippen LogP contribution in [0.2, 0.25) is 0 Å². The van der Waals surface area contributed by atoms with Gasteiger partial charge in [-0.15, -0.1) is 0 Å². The lowest BCUT2D eigenvalue weighted by atomic mass is 10.0.